The Hall–Kier alpha value is -11.7. The first-order valence-corrected chi connectivity index (χ1v) is 35.1. The number of nitrogens with zero attached hydrogens (tertiary/aromatic N) is 2. The summed E-state index contributed by atoms with van der Waals surface area (Å²) >= 11 is 0. The first kappa shape index (κ1) is 65.2. The second kappa shape index (κ2) is 30.2. The Morgan fingerprint density at radius 2 is 0.861 bits per heavy atom. The summed E-state index contributed by atoms with van der Waals surface area (Å²) in [6, 6.07) is 79.5. The van der Waals surface area contributed by atoms with Crippen molar-refractivity contribution < 1.29 is 23.9 Å². The summed E-state index contributed by atoms with van der Waals surface area (Å²) in [6.07, 6.45) is 12.5. The molecule has 1 saturated heterocycles. The summed E-state index contributed by atoms with van der Waals surface area (Å²) in [5.41, 5.74) is 17.5. The Kier molecular flexibility index (Phi) is 19.5. The molecule has 4 atom stereocenters. The number of aromatic nitrogens is 4. The maximum atomic E-state index is 14.6. The van der Waals surface area contributed by atoms with Crippen LogP contribution in [-0.2, 0) is 44.8 Å². The van der Waals surface area contributed by atoms with Crippen molar-refractivity contribution in [2.45, 2.75) is 81.5 Å². The molecule has 0 spiro atoms. The highest BCUT2D eigenvalue weighted by Crippen LogP contribution is 2.45. The van der Waals surface area contributed by atoms with E-state index in [-0.39, 0.29) is 42.6 Å². The smallest absolute Gasteiger partial charge is 0.407 e. The van der Waals surface area contributed by atoms with E-state index >= 15 is 0 Å². The maximum Gasteiger partial charge on any atom is 0.407 e. The zero-order valence-corrected chi connectivity index (χ0v) is 56.1. The third-order valence-electron chi connectivity index (χ3n) is 20.2. The SMILES string of the molecule is O=C(N[C@H](Cc1ccc2ccccc2c1)C(=O)N[C@H](CC1=CCc2ccccc21)c1ncc(-c2ccccc2)[nH]1)C1CCNCC1.O=C(N[C@H](Cc1ccc2ccccc2c1)C(=O)N[C@H](CC1=CCc2ccccc21)c1ncc(-c2ccccc2)[nH]1)OCC1c2ccccc2-c2ccccc21. The molecule has 14 nitrogen and oxygen atoms in total. The molecule has 2 aromatic heterocycles. The molecule has 1 aliphatic heterocycles. The van der Waals surface area contributed by atoms with Crippen molar-refractivity contribution in [1.82, 2.24) is 46.5 Å². The van der Waals surface area contributed by atoms with E-state index < -0.39 is 30.3 Å². The molecule has 0 saturated carbocycles. The van der Waals surface area contributed by atoms with Crippen molar-refractivity contribution in [3.63, 3.8) is 0 Å². The minimum Gasteiger partial charge on any atom is -0.449 e. The Balaban J connectivity index is 0.000000166. The van der Waals surface area contributed by atoms with Crippen LogP contribution in [0.3, 0.4) is 0 Å². The predicted octanol–water partition coefficient (Wildman–Crippen LogP) is 15.7. The van der Waals surface area contributed by atoms with Gasteiger partial charge in [-0.2, -0.15) is 0 Å². The van der Waals surface area contributed by atoms with Crippen LogP contribution in [0, 0.1) is 5.92 Å². The molecule has 14 heteroatoms. The van der Waals surface area contributed by atoms with Gasteiger partial charge in [-0.1, -0.05) is 255 Å². The summed E-state index contributed by atoms with van der Waals surface area (Å²) in [5.74, 6) is 0.518. The molecule has 502 valence electrons. The maximum absolute atomic E-state index is 14.6. The van der Waals surface area contributed by atoms with Gasteiger partial charge in [0, 0.05) is 37.5 Å². The van der Waals surface area contributed by atoms with Crippen LogP contribution in [0.2, 0.25) is 0 Å². The summed E-state index contributed by atoms with van der Waals surface area (Å²) in [4.78, 5) is 72.6. The Morgan fingerprint density at radius 3 is 1.36 bits per heavy atom. The number of alkyl carbamates (subject to hydrolysis) is 1. The number of hydrogen-bond acceptors (Lipinski definition) is 8. The molecular formula is C87H79N9O5. The van der Waals surface area contributed by atoms with E-state index in [1.54, 1.807) is 0 Å². The fraction of sp³-hybridized carbons (Fsp3) is 0.195. The van der Waals surface area contributed by atoms with Gasteiger partial charge in [-0.05, 0) is 138 Å². The largest absolute Gasteiger partial charge is 0.449 e. The van der Waals surface area contributed by atoms with Crippen LogP contribution in [0.15, 0.2) is 267 Å². The number of hydrogen-bond donors (Lipinski definition) is 7. The highest BCUT2D eigenvalue weighted by Gasteiger charge is 2.34. The molecule has 0 bridgehead atoms. The standard InChI is InChI=1S/C48H40N4O3.C39H39N5O2/c53-47(51-43(28-36-25-24-33-13-6-7-17-37(33)36)46-49-29-45(50-46)34-14-2-1-3-15-34)44(27-31-22-23-32-12-4-5-16-35(32)26-31)52-48(54)55-30-42-40-20-10-8-18-38(40)39-19-9-11-21-41(39)42;45-38(30-18-20-40-21-19-30)44-35(23-26-14-15-27-8-4-5-12-31(27)22-26)39(46)43-34(24-32-17-16-28-9-6-7-13-33(28)32)37-41-25-36(42-37)29-10-2-1-3-11-29/h1-23,25-26,29,42-44H,24,27-28,30H2,(H,49,50)(H,51,53)(H,52,54);1-15,17,22,25,30,34-35,40H,16,18-21,23-24H2,(H,41,42)(H,43,46)(H,44,45)/t43-,44-;34-,35-/m11/s1. The number of benzene rings is 10. The van der Waals surface area contributed by atoms with Crippen LogP contribution >= 0.6 is 0 Å². The van der Waals surface area contributed by atoms with E-state index in [9.17, 15) is 19.2 Å². The van der Waals surface area contributed by atoms with Crippen LogP contribution in [0.5, 0.6) is 0 Å². The van der Waals surface area contributed by atoms with E-state index in [2.05, 4.69) is 164 Å². The Morgan fingerprint density at radius 1 is 0.436 bits per heavy atom. The topological polar surface area (TPSA) is 195 Å². The monoisotopic (exact) mass is 1330 g/mol. The summed E-state index contributed by atoms with van der Waals surface area (Å²) in [6.45, 7) is 1.76. The molecular weight excluding hydrogens is 1250 g/mol. The van der Waals surface area contributed by atoms with Crippen molar-refractivity contribution in [3.05, 3.63) is 323 Å². The molecule has 12 aromatic rings. The average Bonchev–Trinajstić information content (AvgIpc) is 1.59. The highest BCUT2D eigenvalue weighted by molar-refractivity contribution is 5.91. The molecule has 4 aliphatic rings. The number of aromatic amines is 2. The molecule has 3 aliphatic carbocycles. The third-order valence-corrected chi connectivity index (χ3v) is 20.2. The van der Waals surface area contributed by atoms with Crippen LogP contribution in [0.25, 0.3) is 66.3 Å². The number of ether oxygens (including phenoxy) is 1. The van der Waals surface area contributed by atoms with Crippen LogP contribution < -0.4 is 26.6 Å². The van der Waals surface area contributed by atoms with Crippen LogP contribution in [-0.4, -0.2) is 75.5 Å². The molecule has 0 unspecified atom stereocenters. The lowest BCUT2D eigenvalue weighted by Gasteiger charge is -2.27. The van der Waals surface area contributed by atoms with Crippen molar-refractivity contribution in [2.24, 2.45) is 5.92 Å². The molecule has 0 radical (unpaired) electrons. The van der Waals surface area contributed by atoms with E-state index in [1.807, 2.05) is 140 Å². The lowest BCUT2D eigenvalue weighted by atomic mass is 9.95. The Bertz CT molecular complexity index is 5010. The molecule has 7 N–H and O–H groups in total. The number of carbonyl (C=O) groups is 4. The lowest BCUT2D eigenvalue weighted by molar-refractivity contribution is -0.132. The van der Waals surface area contributed by atoms with Crippen molar-refractivity contribution >= 4 is 56.5 Å². The number of amides is 4. The van der Waals surface area contributed by atoms with E-state index in [0.717, 1.165) is 122 Å². The van der Waals surface area contributed by atoms with Crippen LogP contribution in [0.1, 0.15) is 99.8 Å². The van der Waals surface area contributed by atoms with Gasteiger partial charge in [0.25, 0.3) is 0 Å². The van der Waals surface area contributed by atoms with Gasteiger partial charge in [-0.25, -0.2) is 14.8 Å². The van der Waals surface area contributed by atoms with Crippen LogP contribution in [0.4, 0.5) is 4.79 Å². The summed E-state index contributed by atoms with van der Waals surface area (Å²) in [7, 11) is 0. The van der Waals surface area contributed by atoms with E-state index in [0.29, 0.717) is 30.9 Å². The predicted molar refractivity (Wildman–Crippen MR) is 400 cm³/mol. The number of allylic oxidation sites excluding steroid dienone is 2. The normalized spacial score (nSPS) is 14.9. The van der Waals surface area contributed by atoms with Gasteiger partial charge in [0.2, 0.25) is 17.7 Å². The van der Waals surface area contributed by atoms with Gasteiger partial charge in [0.1, 0.15) is 30.3 Å². The van der Waals surface area contributed by atoms with Gasteiger partial charge in [0.05, 0.1) is 35.9 Å². The number of fused-ring (bicyclic) bond motifs is 7. The van der Waals surface area contributed by atoms with Gasteiger partial charge >= 0.3 is 6.09 Å². The molecule has 1 fully saturated rings. The quantitative estimate of drug-likeness (QED) is 0.0369. The van der Waals surface area contributed by atoms with E-state index in [1.165, 1.54) is 27.8 Å². The van der Waals surface area contributed by atoms with Crippen molar-refractivity contribution in [3.8, 4) is 33.6 Å². The second-order valence-electron chi connectivity index (χ2n) is 26.7. The van der Waals surface area contributed by atoms with Gasteiger partial charge < -0.3 is 41.3 Å². The molecule has 101 heavy (non-hydrogen) atoms. The van der Waals surface area contributed by atoms with Gasteiger partial charge in [-0.3, -0.25) is 14.4 Å². The fourth-order valence-electron chi connectivity index (χ4n) is 14.8. The zero-order chi connectivity index (χ0) is 68.4. The molecule has 3 heterocycles. The molecule has 10 aromatic carbocycles. The number of H-pyrrole nitrogens is 2. The van der Waals surface area contributed by atoms with Crippen molar-refractivity contribution in [2.75, 3.05) is 19.7 Å². The molecule has 16 rings (SSSR count). The minimum absolute atomic E-state index is 0.0595. The second-order valence-corrected chi connectivity index (χ2v) is 26.7. The van der Waals surface area contributed by atoms with Crippen molar-refractivity contribution in [1.29, 1.82) is 0 Å². The fourth-order valence-corrected chi connectivity index (χ4v) is 14.8. The number of nitrogens with one attached hydrogen (secondary N) is 7. The van der Waals surface area contributed by atoms with Gasteiger partial charge in [0.15, 0.2) is 0 Å². The average molecular weight is 1330 g/mol. The summed E-state index contributed by atoms with van der Waals surface area (Å²) in [5, 5.41) is 20.5. The molecule has 4 amide bonds. The van der Waals surface area contributed by atoms with E-state index in [4.69, 9.17) is 14.7 Å². The zero-order valence-electron chi connectivity index (χ0n) is 56.1. The first-order chi connectivity index (χ1) is 49.7. The highest BCUT2D eigenvalue weighted by atomic mass is 16.5. The number of imidazole rings is 2. The number of carbonyl (C=O) groups excluding carboxylic acids is 4. The van der Waals surface area contributed by atoms with Gasteiger partial charge in [-0.15, -0.1) is 0 Å². The minimum atomic E-state index is -0.923. The number of rotatable bonds is 21. The lowest BCUT2D eigenvalue weighted by Crippen LogP contribution is -2.51. The first-order valence-electron chi connectivity index (χ1n) is 35.1. The number of piperidine rings is 1. The summed E-state index contributed by atoms with van der Waals surface area (Å²) < 4.78 is 5.96. The Labute approximate surface area is 587 Å². The third kappa shape index (κ3) is 15.0.